The molecular formula is C20H18Cl2N2O4S. The molecule has 2 rings (SSSR count). The van der Waals surface area contributed by atoms with E-state index in [1.807, 2.05) is 0 Å². The Kier molecular flexibility index (Phi) is 8.13. The maximum atomic E-state index is 12.4. The summed E-state index contributed by atoms with van der Waals surface area (Å²) in [5.74, 6) is -1.89. The quantitative estimate of drug-likeness (QED) is 0.401. The van der Waals surface area contributed by atoms with Crippen LogP contribution in [0.2, 0.25) is 10.0 Å². The van der Waals surface area contributed by atoms with Crippen molar-refractivity contribution in [2.75, 3.05) is 10.6 Å². The maximum absolute atomic E-state index is 12.4. The molecule has 0 aromatic heterocycles. The Hall–Kier alpha value is -2.48. The van der Waals surface area contributed by atoms with Crippen LogP contribution < -0.4 is 10.6 Å². The van der Waals surface area contributed by atoms with E-state index in [0.29, 0.717) is 21.4 Å². The number of carbonyl (C=O) groups excluding carboxylic acids is 2. The van der Waals surface area contributed by atoms with Crippen LogP contribution in [0.4, 0.5) is 11.4 Å². The second-order valence-electron chi connectivity index (χ2n) is 6.05. The van der Waals surface area contributed by atoms with E-state index in [1.165, 1.54) is 18.7 Å². The van der Waals surface area contributed by atoms with Gasteiger partial charge in [0.15, 0.2) is 0 Å². The molecule has 0 aliphatic carbocycles. The number of nitrogens with one attached hydrogen (secondary N) is 2. The van der Waals surface area contributed by atoms with E-state index in [1.54, 1.807) is 49.4 Å². The molecule has 6 nitrogen and oxygen atoms in total. The number of benzene rings is 2. The molecule has 0 fully saturated rings. The van der Waals surface area contributed by atoms with Gasteiger partial charge in [-0.05, 0) is 56.3 Å². The summed E-state index contributed by atoms with van der Waals surface area (Å²) in [5.41, 5.74) is 0.970. The molecule has 0 saturated heterocycles. The van der Waals surface area contributed by atoms with E-state index in [2.05, 4.69) is 10.6 Å². The van der Waals surface area contributed by atoms with Crippen molar-refractivity contribution in [2.45, 2.75) is 24.0 Å². The van der Waals surface area contributed by atoms with Gasteiger partial charge in [-0.15, -0.1) is 11.8 Å². The van der Waals surface area contributed by atoms with Crippen LogP contribution in [0.15, 0.2) is 59.0 Å². The third kappa shape index (κ3) is 7.45. The molecular weight excluding hydrogens is 435 g/mol. The van der Waals surface area contributed by atoms with Crippen molar-refractivity contribution in [1.82, 2.24) is 0 Å². The standard InChI is InChI=1S/C20H18Cl2N2O4S/c1-11(20(27)28)7-18(25)23-15-3-5-17(6-4-15)29-12(2)19(26)24-16-9-13(21)8-14(22)10-16/h3-10,12H,1-2H3,(H,23,25)(H,24,26)(H,27,28)/b11-7+/t12-/m1/s1. The summed E-state index contributed by atoms with van der Waals surface area (Å²) >= 11 is 13.2. The monoisotopic (exact) mass is 452 g/mol. The van der Waals surface area contributed by atoms with Crippen molar-refractivity contribution < 1.29 is 19.5 Å². The lowest BCUT2D eigenvalue weighted by Gasteiger charge is -2.13. The summed E-state index contributed by atoms with van der Waals surface area (Å²) in [5, 5.41) is 14.6. The van der Waals surface area contributed by atoms with Crippen molar-refractivity contribution in [3.8, 4) is 0 Å². The molecule has 3 N–H and O–H groups in total. The van der Waals surface area contributed by atoms with E-state index < -0.39 is 17.1 Å². The first-order chi connectivity index (χ1) is 13.6. The molecule has 2 amide bonds. The molecule has 0 heterocycles. The summed E-state index contributed by atoms with van der Waals surface area (Å²) in [7, 11) is 0. The minimum atomic E-state index is -1.15. The summed E-state index contributed by atoms with van der Waals surface area (Å²) in [6.07, 6.45) is 1.01. The van der Waals surface area contributed by atoms with Crippen LogP contribution in [0, 0.1) is 0 Å². The number of hydrogen-bond donors (Lipinski definition) is 3. The molecule has 0 unspecified atom stereocenters. The number of aliphatic carboxylic acids is 1. The molecule has 29 heavy (non-hydrogen) atoms. The van der Waals surface area contributed by atoms with Crippen LogP contribution in [0.25, 0.3) is 0 Å². The van der Waals surface area contributed by atoms with Gasteiger partial charge in [0, 0.05) is 38.0 Å². The summed E-state index contributed by atoms with van der Waals surface area (Å²) < 4.78 is 0. The Morgan fingerprint density at radius 1 is 1.00 bits per heavy atom. The van der Waals surface area contributed by atoms with E-state index in [-0.39, 0.29) is 11.5 Å². The van der Waals surface area contributed by atoms with Gasteiger partial charge in [0.25, 0.3) is 0 Å². The molecule has 2 aromatic rings. The number of carbonyl (C=O) groups is 3. The van der Waals surface area contributed by atoms with E-state index >= 15 is 0 Å². The second-order valence-corrected chi connectivity index (χ2v) is 8.34. The van der Waals surface area contributed by atoms with Crippen LogP contribution in [0.3, 0.4) is 0 Å². The van der Waals surface area contributed by atoms with Crippen molar-refractivity contribution in [2.24, 2.45) is 0 Å². The second kappa shape index (κ2) is 10.3. The zero-order chi connectivity index (χ0) is 21.6. The van der Waals surface area contributed by atoms with Gasteiger partial charge in [0.2, 0.25) is 11.8 Å². The van der Waals surface area contributed by atoms with Crippen molar-refractivity contribution >= 4 is 64.1 Å². The number of anilines is 2. The highest BCUT2D eigenvalue weighted by molar-refractivity contribution is 8.00. The summed E-state index contributed by atoms with van der Waals surface area (Å²) in [6.45, 7) is 3.10. The highest BCUT2D eigenvalue weighted by atomic mass is 35.5. The molecule has 1 atom stereocenters. The minimum absolute atomic E-state index is 0.0597. The van der Waals surface area contributed by atoms with Gasteiger partial charge in [-0.2, -0.15) is 0 Å². The third-order valence-electron chi connectivity index (χ3n) is 3.62. The SMILES string of the molecule is C/C(=C\C(=O)Nc1ccc(S[C@H](C)C(=O)Nc2cc(Cl)cc(Cl)c2)cc1)C(=O)O. The average molecular weight is 453 g/mol. The Morgan fingerprint density at radius 2 is 1.59 bits per heavy atom. The number of halogens is 2. The molecule has 0 aliphatic rings. The Balaban J connectivity index is 1.94. The zero-order valence-electron chi connectivity index (χ0n) is 15.5. The zero-order valence-corrected chi connectivity index (χ0v) is 17.9. The first-order valence-electron chi connectivity index (χ1n) is 8.40. The molecule has 0 bridgehead atoms. The van der Waals surface area contributed by atoms with Crippen molar-refractivity contribution in [3.63, 3.8) is 0 Å². The van der Waals surface area contributed by atoms with Gasteiger partial charge in [0.1, 0.15) is 0 Å². The summed E-state index contributed by atoms with van der Waals surface area (Å²) in [4.78, 5) is 35.7. The molecule has 2 aromatic carbocycles. The Morgan fingerprint density at radius 3 is 2.14 bits per heavy atom. The van der Waals surface area contributed by atoms with Gasteiger partial charge < -0.3 is 15.7 Å². The first-order valence-corrected chi connectivity index (χ1v) is 10.0. The molecule has 9 heteroatoms. The number of carboxylic acid groups (broad SMARTS) is 1. The maximum Gasteiger partial charge on any atom is 0.331 e. The van der Waals surface area contributed by atoms with Crippen LogP contribution in [0.1, 0.15) is 13.8 Å². The highest BCUT2D eigenvalue weighted by Gasteiger charge is 2.15. The van der Waals surface area contributed by atoms with Gasteiger partial charge in [-0.3, -0.25) is 9.59 Å². The van der Waals surface area contributed by atoms with Gasteiger partial charge >= 0.3 is 5.97 Å². The summed E-state index contributed by atoms with van der Waals surface area (Å²) in [6, 6.07) is 11.7. The number of thioether (sulfide) groups is 1. The average Bonchev–Trinajstić information content (AvgIpc) is 2.62. The van der Waals surface area contributed by atoms with Crippen molar-refractivity contribution in [1.29, 1.82) is 0 Å². The topological polar surface area (TPSA) is 95.5 Å². The Bertz CT molecular complexity index is 941. The fraction of sp³-hybridized carbons (Fsp3) is 0.150. The van der Waals surface area contributed by atoms with Crippen LogP contribution >= 0.6 is 35.0 Å². The number of carboxylic acids is 1. The van der Waals surface area contributed by atoms with Gasteiger partial charge in [-0.25, -0.2) is 4.79 Å². The van der Waals surface area contributed by atoms with E-state index in [0.717, 1.165) is 11.0 Å². The number of hydrogen-bond acceptors (Lipinski definition) is 4. The minimum Gasteiger partial charge on any atom is -0.478 e. The lowest BCUT2D eigenvalue weighted by atomic mass is 10.2. The van der Waals surface area contributed by atoms with Crippen LogP contribution in [-0.4, -0.2) is 28.1 Å². The fourth-order valence-electron chi connectivity index (χ4n) is 2.18. The highest BCUT2D eigenvalue weighted by Crippen LogP contribution is 2.27. The number of rotatable bonds is 7. The van der Waals surface area contributed by atoms with Crippen molar-refractivity contribution in [3.05, 3.63) is 64.2 Å². The largest absolute Gasteiger partial charge is 0.478 e. The predicted molar refractivity (Wildman–Crippen MR) is 117 cm³/mol. The fourth-order valence-corrected chi connectivity index (χ4v) is 3.57. The smallest absolute Gasteiger partial charge is 0.331 e. The molecule has 152 valence electrons. The molecule has 0 saturated carbocycles. The lowest BCUT2D eigenvalue weighted by molar-refractivity contribution is -0.132. The molecule has 0 aliphatic heterocycles. The number of amides is 2. The predicted octanol–water partition coefficient (Wildman–Crippen LogP) is 5.08. The Labute approximate surface area is 182 Å². The molecule has 0 radical (unpaired) electrons. The third-order valence-corrected chi connectivity index (χ3v) is 5.17. The van der Waals surface area contributed by atoms with Gasteiger partial charge in [0.05, 0.1) is 5.25 Å². The normalized spacial score (nSPS) is 12.2. The molecule has 0 spiro atoms. The van der Waals surface area contributed by atoms with Crippen LogP contribution in [-0.2, 0) is 14.4 Å². The van der Waals surface area contributed by atoms with Gasteiger partial charge in [-0.1, -0.05) is 23.2 Å². The van der Waals surface area contributed by atoms with E-state index in [4.69, 9.17) is 28.3 Å². The van der Waals surface area contributed by atoms with E-state index in [9.17, 15) is 14.4 Å². The first kappa shape index (κ1) is 22.8. The van der Waals surface area contributed by atoms with Crippen LogP contribution in [0.5, 0.6) is 0 Å². The lowest BCUT2D eigenvalue weighted by Crippen LogP contribution is -2.22.